The first-order valence-corrected chi connectivity index (χ1v) is 6.44. The zero-order chi connectivity index (χ0) is 14.8. The van der Waals surface area contributed by atoms with Crippen LogP contribution in [0.2, 0.25) is 0 Å². The first-order valence-electron chi connectivity index (χ1n) is 6.44. The fraction of sp³-hybridized carbons (Fsp3) is 0.400. The molecule has 1 amide bonds. The van der Waals surface area contributed by atoms with Crippen LogP contribution in [0.3, 0.4) is 0 Å². The van der Waals surface area contributed by atoms with Crippen LogP contribution in [-0.4, -0.2) is 32.7 Å². The third kappa shape index (κ3) is 5.39. The summed E-state index contributed by atoms with van der Waals surface area (Å²) in [5.74, 6) is 4.45. The van der Waals surface area contributed by atoms with Crippen molar-refractivity contribution < 1.29 is 13.9 Å². The number of unbranched alkanes of at least 4 members (excludes halogenated alkanes) is 1. The Labute approximate surface area is 118 Å². The fourth-order valence-electron chi connectivity index (χ4n) is 1.60. The zero-order valence-electron chi connectivity index (χ0n) is 11.5. The van der Waals surface area contributed by atoms with Crippen molar-refractivity contribution in [3.05, 3.63) is 35.1 Å². The second-order valence-corrected chi connectivity index (χ2v) is 4.16. The van der Waals surface area contributed by atoms with Gasteiger partial charge in [0.2, 0.25) is 0 Å². The number of nitrogens with one attached hydrogen (secondary N) is 1. The highest BCUT2D eigenvalue weighted by atomic mass is 19.1. The first kappa shape index (κ1) is 16.2. The van der Waals surface area contributed by atoms with Crippen LogP contribution in [0, 0.1) is 17.7 Å². The molecule has 1 rings (SSSR count). The van der Waals surface area contributed by atoms with E-state index in [4.69, 9.17) is 10.5 Å². The van der Waals surface area contributed by atoms with E-state index in [-0.39, 0.29) is 12.1 Å². The number of rotatable bonds is 6. The van der Waals surface area contributed by atoms with Crippen LogP contribution in [0.4, 0.5) is 4.39 Å². The van der Waals surface area contributed by atoms with E-state index in [1.807, 2.05) is 0 Å². The molecule has 0 saturated heterocycles. The summed E-state index contributed by atoms with van der Waals surface area (Å²) in [5.41, 5.74) is 5.84. The smallest absolute Gasteiger partial charge is 0.254 e. The van der Waals surface area contributed by atoms with Crippen LogP contribution in [-0.2, 0) is 4.74 Å². The van der Waals surface area contributed by atoms with Crippen molar-refractivity contribution in [2.45, 2.75) is 12.8 Å². The minimum Gasteiger partial charge on any atom is -0.385 e. The van der Waals surface area contributed by atoms with Gasteiger partial charge in [0.1, 0.15) is 5.82 Å². The monoisotopic (exact) mass is 278 g/mol. The summed E-state index contributed by atoms with van der Waals surface area (Å²) < 4.78 is 18.5. The van der Waals surface area contributed by atoms with E-state index in [1.165, 1.54) is 18.2 Å². The number of hydrogen-bond acceptors (Lipinski definition) is 3. The fourth-order valence-corrected chi connectivity index (χ4v) is 1.60. The van der Waals surface area contributed by atoms with Gasteiger partial charge in [-0.2, -0.15) is 0 Å². The van der Waals surface area contributed by atoms with E-state index >= 15 is 0 Å². The first-order chi connectivity index (χ1) is 9.69. The van der Waals surface area contributed by atoms with Crippen molar-refractivity contribution in [1.82, 2.24) is 5.32 Å². The van der Waals surface area contributed by atoms with E-state index < -0.39 is 11.7 Å². The van der Waals surface area contributed by atoms with Gasteiger partial charge in [-0.1, -0.05) is 11.8 Å². The maximum absolute atomic E-state index is 13.6. The van der Waals surface area contributed by atoms with Crippen LogP contribution in [0.15, 0.2) is 18.2 Å². The lowest BCUT2D eigenvalue weighted by Crippen LogP contribution is -2.25. The number of nitrogens with two attached hydrogens (primary N) is 1. The van der Waals surface area contributed by atoms with Crippen LogP contribution in [0.25, 0.3) is 0 Å². The van der Waals surface area contributed by atoms with Crippen molar-refractivity contribution in [3.63, 3.8) is 0 Å². The van der Waals surface area contributed by atoms with E-state index in [9.17, 15) is 9.18 Å². The van der Waals surface area contributed by atoms with Crippen molar-refractivity contribution >= 4 is 5.91 Å². The van der Waals surface area contributed by atoms with E-state index in [0.717, 1.165) is 12.8 Å². The molecule has 0 fully saturated rings. The Bertz CT molecular complexity index is 506. The van der Waals surface area contributed by atoms with Gasteiger partial charge in [0.15, 0.2) is 0 Å². The summed E-state index contributed by atoms with van der Waals surface area (Å²) >= 11 is 0. The summed E-state index contributed by atoms with van der Waals surface area (Å²) in [6, 6.07) is 4.19. The highest BCUT2D eigenvalue weighted by Crippen LogP contribution is 2.10. The molecule has 108 valence electrons. The molecular weight excluding hydrogens is 259 g/mol. The number of amides is 1. The Kier molecular flexibility index (Phi) is 7.33. The molecule has 0 unspecified atom stereocenters. The van der Waals surface area contributed by atoms with Crippen LogP contribution >= 0.6 is 0 Å². The number of benzene rings is 1. The Morgan fingerprint density at radius 1 is 1.45 bits per heavy atom. The highest BCUT2D eigenvalue weighted by Gasteiger charge is 2.11. The lowest BCUT2D eigenvalue weighted by molar-refractivity contribution is 0.0947. The molecule has 0 aliphatic carbocycles. The molecule has 0 aliphatic heterocycles. The third-order valence-electron chi connectivity index (χ3n) is 2.61. The standard InChI is InChI=1S/C15H19FN2O2/c1-20-10-3-2-9-18-15(19)13-11-12(5-4-8-17)6-7-14(13)16/h6-7,11H,2-3,8-10,17H2,1H3,(H,18,19). The molecule has 0 saturated carbocycles. The topological polar surface area (TPSA) is 64.3 Å². The van der Waals surface area contributed by atoms with Crippen molar-refractivity contribution in [2.24, 2.45) is 5.73 Å². The number of methoxy groups -OCH3 is 1. The summed E-state index contributed by atoms with van der Waals surface area (Å²) in [4.78, 5) is 11.9. The minimum atomic E-state index is -0.558. The maximum Gasteiger partial charge on any atom is 0.254 e. The van der Waals surface area contributed by atoms with Crippen molar-refractivity contribution in [2.75, 3.05) is 26.8 Å². The van der Waals surface area contributed by atoms with E-state index in [2.05, 4.69) is 17.2 Å². The molecule has 20 heavy (non-hydrogen) atoms. The molecule has 4 nitrogen and oxygen atoms in total. The summed E-state index contributed by atoms with van der Waals surface area (Å²) in [6.45, 7) is 1.35. The molecule has 0 heterocycles. The molecule has 5 heteroatoms. The lowest BCUT2D eigenvalue weighted by Gasteiger charge is -2.06. The Hall–Kier alpha value is -1.90. The van der Waals surface area contributed by atoms with Gasteiger partial charge in [-0.15, -0.1) is 0 Å². The summed E-state index contributed by atoms with van der Waals surface area (Å²) in [7, 11) is 1.63. The number of halogens is 1. The van der Waals surface area contributed by atoms with Gasteiger partial charge in [0.25, 0.3) is 5.91 Å². The molecule has 3 N–H and O–H groups in total. The van der Waals surface area contributed by atoms with Gasteiger partial charge in [0.05, 0.1) is 12.1 Å². The maximum atomic E-state index is 13.6. The van der Waals surface area contributed by atoms with Gasteiger partial charge < -0.3 is 15.8 Å². The molecular formula is C15H19FN2O2. The van der Waals surface area contributed by atoms with Gasteiger partial charge in [-0.25, -0.2) is 4.39 Å². The molecule has 1 aromatic rings. The number of ether oxygens (including phenoxy) is 1. The number of hydrogen-bond donors (Lipinski definition) is 2. The minimum absolute atomic E-state index is 0.000521. The number of carbonyl (C=O) groups excluding carboxylic acids is 1. The Balaban J connectivity index is 2.62. The quantitative estimate of drug-likeness (QED) is 0.609. The number of carbonyl (C=O) groups is 1. The average molecular weight is 278 g/mol. The largest absolute Gasteiger partial charge is 0.385 e. The Morgan fingerprint density at radius 2 is 2.25 bits per heavy atom. The second kappa shape index (κ2) is 9.08. The highest BCUT2D eigenvalue weighted by molar-refractivity contribution is 5.94. The predicted molar refractivity (Wildman–Crippen MR) is 75.8 cm³/mol. The Morgan fingerprint density at radius 3 is 2.95 bits per heavy atom. The molecule has 0 aromatic heterocycles. The van der Waals surface area contributed by atoms with Crippen LogP contribution < -0.4 is 11.1 Å². The van der Waals surface area contributed by atoms with Crippen molar-refractivity contribution in [3.8, 4) is 11.8 Å². The molecule has 0 atom stereocenters. The van der Waals surface area contributed by atoms with Gasteiger partial charge in [0, 0.05) is 25.8 Å². The summed E-state index contributed by atoms with van der Waals surface area (Å²) in [6.07, 6.45) is 1.63. The molecule has 0 aliphatic rings. The van der Waals surface area contributed by atoms with Crippen LogP contribution in [0.5, 0.6) is 0 Å². The normalized spacial score (nSPS) is 9.75. The lowest BCUT2D eigenvalue weighted by atomic mass is 10.1. The molecule has 0 bridgehead atoms. The molecule has 0 spiro atoms. The second-order valence-electron chi connectivity index (χ2n) is 4.16. The van der Waals surface area contributed by atoms with E-state index in [0.29, 0.717) is 18.7 Å². The van der Waals surface area contributed by atoms with Gasteiger partial charge >= 0.3 is 0 Å². The summed E-state index contributed by atoms with van der Waals surface area (Å²) in [5, 5.41) is 2.67. The van der Waals surface area contributed by atoms with Crippen LogP contribution in [0.1, 0.15) is 28.8 Å². The zero-order valence-corrected chi connectivity index (χ0v) is 11.5. The SMILES string of the molecule is COCCCCNC(=O)c1cc(C#CCN)ccc1F. The average Bonchev–Trinajstić information content (AvgIpc) is 2.46. The third-order valence-corrected chi connectivity index (χ3v) is 2.61. The van der Waals surface area contributed by atoms with E-state index in [1.54, 1.807) is 7.11 Å². The molecule has 0 radical (unpaired) electrons. The molecule has 1 aromatic carbocycles. The van der Waals surface area contributed by atoms with Gasteiger partial charge in [-0.3, -0.25) is 4.79 Å². The van der Waals surface area contributed by atoms with Gasteiger partial charge in [-0.05, 0) is 31.0 Å². The van der Waals surface area contributed by atoms with Crippen molar-refractivity contribution in [1.29, 1.82) is 0 Å². The predicted octanol–water partition coefficient (Wildman–Crippen LogP) is 1.29.